The lowest BCUT2D eigenvalue weighted by molar-refractivity contribution is 0.0645. The minimum absolute atomic E-state index is 0.0264. The maximum absolute atomic E-state index is 10.8. The highest BCUT2D eigenvalue weighted by Crippen LogP contribution is 2.29. The molecular weight excluding hydrogens is 244 g/mol. The molecule has 0 bridgehead atoms. The van der Waals surface area contributed by atoms with Crippen LogP contribution in [-0.4, -0.2) is 53.1 Å². The Morgan fingerprint density at radius 1 is 1.32 bits per heavy atom. The Kier molecular flexibility index (Phi) is 3.33. The molecule has 1 N–H and O–H groups in total. The number of piperazine rings is 1. The van der Waals surface area contributed by atoms with Crippen molar-refractivity contribution in [2.45, 2.75) is 31.8 Å². The van der Waals surface area contributed by atoms with Crippen molar-refractivity contribution in [2.75, 3.05) is 26.2 Å². The van der Waals surface area contributed by atoms with Crippen molar-refractivity contribution in [3.05, 3.63) is 23.7 Å². The van der Waals surface area contributed by atoms with Gasteiger partial charge in [0.2, 0.25) is 5.76 Å². The highest BCUT2D eigenvalue weighted by molar-refractivity contribution is 5.84. The second kappa shape index (κ2) is 4.98. The summed E-state index contributed by atoms with van der Waals surface area (Å²) in [6, 6.07) is 4.30. The van der Waals surface area contributed by atoms with E-state index < -0.39 is 5.97 Å². The van der Waals surface area contributed by atoms with Gasteiger partial charge in [-0.3, -0.25) is 9.80 Å². The van der Waals surface area contributed by atoms with Crippen molar-refractivity contribution in [3.63, 3.8) is 0 Å². The van der Waals surface area contributed by atoms with E-state index in [9.17, 15) is 4.79 Å². The molecule has 0 amide bonds. The molecule has 1 atom stereocenters. The summed E-state index contributed by atoms with van der Waals surface area (Å²) in [6.07, 6.45) is 2.71. The Labute approximate surface area is 112 Å². The van der Waals surface area contributed by atoms with Gasteiger partial charge in [0.15, 0.2) is 0 Å². The molecule has 1 unspecified atom stereocenters. The SMILES string of the molecule is CC(c1ccc(C(=O)O)o1)N1CCN(C2CC2)CC1. The zero-order valence-corrected chi connectivity index (χ0v) is 11.2. The van der Waals surface area contributed by atoms with Gasteiger partial charge in [0, 0.05) is 32.2 Å². The number of carbonyl (C=O) groups is 1. The van der Waals surface area contributed by atoms with Crippen LogP contribution in [0.25, 0.3) is 0 Å². The van der Waals surface area contributed by atoms with Gasteiger partial charge < -0.3 is 9.52 Å². The highest BCUT2D eigenvalue weighted by atomic mass is 16.4. The van der Waals surface area contributed by atoms with Crippen LogP contribution < -0.4 is 0 Å². The summed E-state index contributed by atoms with van der Waals surface area (Å²) in [5.41, 5.74) is 0. The van der Waals surface area contributed by atoms with E-state index in [0.29, 0.717) is 0 Å². The Morgan fingerprint density at radius 2 is 2.00 bits per heavy atom. The molecule has 5 heteroatoms. The number of carboxylic acids is 1. The molecule has 0 spiro atoms. The smallest absolute Gasteiger partial charge is 0.371 e. The lowest BCUT2D eigenvalue weighted by Crippen LogP contribution is -2.47. The van der Waals surface area contributed by atoms with Crippen LogP contribution in [0.1, 0.15) is 42.1 Å². The van der Waals surface area contributed by atoms with Gasteiger partial charge in [0.05, 0.1) is 6.04 Å². The number of nitrogens with zero attached hydrogens (tertiary/aromatic N) is 2. The third kappa shape index (κ3) is 2.67. The average molecular weight is 264 g/mol. The Balaban J connectivity index is 1.60. The van der Waals surface area contributed by atoms with Crippen molar-refractivity contribution in [1.29, 1.82) is 0 Å². The number of aromatic carboxylic acids is 1. The third-order valence-electron chi connectivity index (χ3n) is 4.21. The van der Waals surface area contributed by atoms with Crippen LogP contribution in [0.5, 0.6) is 0 Å². The van der Waals surface area contributed by atoms with Crippen LogP contribution in [0.15, 0.2) is 16.5 Å². The van der Waals surface area contributed by atoms with Crippen LogP contribution in [-0.2, 0) is 0 Å². The van der Waals surface area contributed by atoms with Crippen molar-refractivity contribution >= 4 is 5.97 Å². The molecule has 19 heavy (non-hydrogen) atoms. The van der Waals surface area contributed by atoms with Crippen LogP contribution in [0, 0.1) is 0 Å². The summed E-state index contributed by atoms with van der Waals surface area (Å²) in [5.74, 6) is -0.229. The van der Waals surface area contributed by atoms with Crippen LogP contribution in [0.4, 0.5) is 0 Å². The second-order valence-electron chi connectivity index (χ2n) is 5.49. The normalized spacial score (nSPS) is 23.4. The minimum atomic E-state index is -1.00. The molecule has 0 radical (unpaired) electrons. The lowest BCUT2D eigenvalue weighted by atomic mass is 10.2. The first-order chi connectivity index (χ1) is 9.15. The summed E-state index contributed by atoms with van der Waals surface area (Å²) in [5, 5.41) is 8.88. The molecule has 2 heterocycles. The number of hydrogen-bond donors (Lipinski definition) is 1. The largest absolute Gasteiger partial charge is 0.475 e. The highest BCUT2D eigenvalue weighted by Gasteiger charge is 2.32. The number of hydrogen-bond acceptors (Lipinski definition) is 4. The maximum Gasteiger partial charge on any atom is 0.371 e. The van der Waals surface area contributed by atoms with E-state index in [0.717, 1.165) is 38.0 Å². The number of rotatable bonds is 4. The molecule has 1 aromatic heterocycles. The van der Waals surface area contributed by atoms with Crippen LogP contribution >= 0.6 is 0 Å². The van der Waals surface area contributed by atoms with Gasteiger partial charge in [0.25, 0.3) is 0 Å². The van der Waals surface area contributed by atoms with E-state index in [1.807, 2.05) is 0 Å². The molecule has 5 nitrogen and oxygen atoms in total. The van der Waals surface area contributed by atoms with Gasteiger partial charge in [0.1, 0.15) is 5.76 Å². The molecule has 104 valence electrons. The minimum Gasteiger partial charge on any atom is -0.475 e. The average Bonchev–Trinajstić information content (AvgIpc) is 3.14. The van der Waals surface area contributed by atoms with Gasteiger partial charge in [-0.15, -0.1) is 0 Å². The fourth-order valence-electron chi connectivity index (χ4n) is 2.80. The fourth-order valence-corrected chi connectivity index (χ4v) is 2.80. The van der Waals surface area contributed by atoms with E-state index in [1.54, 1.807) is 6.07 Å². The first-order valence-corrected chi connectivity index (χ1v) is 6.96. The van der Waals surface area contributed by atoms with Gasteiger partial charge in [-0.05, 0) is 31.9 Å². The predicted molar refractivity (Wildman–Crippen MR) is 70.3 cm³/mol. The third-order valence-corrected chi connectivity index (χ3v) is 4.21. The Hall–Kier alpha value is -1.33. The molecule has 1 aromatic rings. The van der Waals surface area contributed by atoms with E-state index in [4.69, 9.17) is 9.52 Å². The zero-order chi connectivity index (χ0) is 13.4. The quantitative estimate of drug-likeness (QED) is 0.899. The van der Waals surface area contributed by atoms with Gasteiger partial charge >= 0.3 is 5.97 Å². The topological polar surface area (TPSA) is 56.9 Å². The molecule has 2 fully saturated rings. The molecule has 3 rings (SSSR count). The lowest BCUT2D eigenvalue weighted by Gasteiger charge is -2.37. The van der Waals surface area contributed by atoms with E-state index in [2.05, 4.69) is 16.7 Å². The summed E-state index contributed by atoms with van der Waals surface area (Å²) >= 11 is 0. The summed E-state index contributed by atoms with van der Waals surface area (Å²) in [6.45, 7) is 6.36. The van der Waals surface area contributed by atoms with Crippen molar-refractivity contribution in [2.24, 2.45) is 0 Å². The number of furan rings is 1. The molecule has 1 saturated heterocycles. The second-order valence-corrected chi connectivity index (χ2v) is 5.49. The standard InChI is InChI=1S/C14H20N2O3/c1-10(12-4-5-13(19-12)14(17)18)15-6-8-16(9-7-15)11-2-3-11/h4-5,10-11H,2-3,6-9H2,1H3,(H,17,18). The van der Waals surface area contributed by atoms with E-state index in [-0.39, 0.29) is 11.8 Å². The molecule has 1 aliphatic heterocycles. The summed E-state index contributed by atoms with van der Waals surface area (Å²) in [4.78, 5) is 15.8. The van der Waals surface area contributed by atoms with E-state index >= 15 is 0 Å². The summed E-state index contributed by atoms with van der Waals surface area (Å²) < 4.78 is 5.39. The molecular formula is C14H20N2O3. The summed E-state index contributed by atoms with van der Waals surface area (Å²) in [7, 11) is 0. The van der Waals surface area contributed by atoms with Gasteiger partial charge in [-0.2, -0.15) is 0 Å². The van der Waals surface area contributed by atoms with Crippen molar-refractivity contribution in [1.82, 2.24) is 9.80 Å². The monoisotopic (exact) mass is 264 g/mol. The molecule has 0 aromatic carbocycles. The Bertz CT molecular complexity index is 459. The van der Waals surface area contributed by atoms with Crippen LogP contribution in [0.3, 0.4) is 0 Å². The van der Waals surface area contributed by atoms with E-state index in [1.165, 1.54) is 18.9 Å². The van der Waals surface area contributed by atoms with Crippen LogP contribution in [0.2, 0.25) is 0 Å². The van der Waals surface area contributed by atoms with Crippen molar-refractivity contribution in [3.8, 4) is 0 Å². The maximum atomic E-state index is 10.8. The predicted octanol–water partition coefficient (Wildman–Crippen LogP) is 1.82. The zero-order valence-electron chi connectivity index (χ0n) is 11.2. The van der Waals surface area contributed by atoms with Crippen molar-refractivity contribution < 1.29 is 14.3 Å². The fraction of sp³-hybridized carbons (Fsp3) is 0.643. The molecule has 2 aliphatic rings. The number of carboxylic acid groups (broad SMARTS) is 1. The molecule has 1 aliphatic carbocycles. The molecule has 1 saturated carbocycles. The first-order valence-electron chi connectivity index (χ1n) is 6.96. The van der Waals surface area contributed by atoms with Gasteiger partial charge in [-0.1, -0.05) is 0 Å². The Morgan fingerprint density at radius 3 is 2.53 bits per heavy atom. The van der Waals surface area contributed by atoms with Gasteiger partial charge in [-0.25, -0.2) is 4.79 Å². The first kappa shape index (κ1) is 12.7.